The molecule has 0 saturated heterocycles. The summed E-state index contributed by atoms with van der Waals surface area (Å²) in [4.78, 5) is 0. The second-order valence-electron chi connectivity index (χ2n) is 1.95. The SMILES string of the molecule is CCS(=O)(=O)C[C@@H](Cl)CCl. The minimum atomic E-state index is -2.95. The summed E-state index contributed by atoms with van der Waals surface area (Å²) in [5.74, 6) is 0.294. The van der Waals surface area contributed by atoms with E-state index in [-0.39, 0.29) is 17.4 Å². The molecule has 0 amide bonds. The smallest absolute Gasteiger partial charge is 0.151 e. The number of alkyl halides is 2. The van der Waals surface area contributed by atoms with Gasteiger partial charge in [-0.05, 0) is 0 Å². The van der Waals surface area contributed by atoms with Crippen molar-refractivity contribution >= 4 is 33.0 Å². The van der Waals surface area contributed by atoms with Crippen LogP contribution >= 0.6 is 23.2 Å². The van der Waals surface area contributed by atoms with E-state index in [2.05, 4.69) is 0 Å². The maximum absolute atomic E-state index is 10.8. The first kappa shape index (κ1) is 10.5. The van der Waals surface area contributed by atoms with Crippen molar-refractivity contribution in [3.8, 4) is 0 Å². The summed E-state index contributed by atoms with van der Waals surface area (Å²) < 4.78 is 21.7. The Hall–Kier alpha value is 0.530. The molecule has 2 nitrogen and oxygen atoms in total. The Labute approximate surface area is 71.4 Å². The van der Waals surface area contributed by atoms with Gasteiger partial charge in [-0.2, -0.15) is 0 Å². The lowest BCUT2D eigenvalue weighted by atomic mass is 10.6. The van der Waals surface area contributed by atoms with Gasteiger partial charge in [0.1, 0.15) is 0 Å². The lowest BCUT2D eigenvalue weighted by Crippen LogP contribution is -2.18. The van der Waals surface area contributed by atoms with E-state index in [4.69, 9.17) is 23.2 Å². The molecule has 0 aromatic carbocycles. The van der Waals surface area contributed by atoms with Crippen LogP contribution in [0.4, 0.5) is 0 Å². The number of hydrogen-bond donors (Lipinski definition) is 0. The molecule has 5 heteroatoms. The van der Waals surface area contributed by atoms with Crippen LogP contribution in [-0.2, 0) is 9.84 Å². The van der Waals surface area contributed by atoms with Gasteiger partial charge in [-0.15, -0.1) is 23.2 Å². The summed E-state index contributed by atoms with van der Waals surface area (Å²) in [5, 5.41) is -0.452. The Morgan fingerprint density at radius 3 is 2.30 bits per heavy atom. The highest BCUT2D eigenvalue weighted by Crippen LogP contribution is 2.03. The molecule has 0 heterocycles. The molecule has 0 aromatic heterocycles. The first-order chi connectivity index (χ1) is 4.52. The lowest BCUT2D eigenvalue weighted by Gasteiger charge is -2.03. The lowest BCUT2D eigenvalue weighted by molar-refractivity contribution is 0.596. The second-order valence-corrected chi connectivity index (χ2v) is 5.27. The van der Waals surface area contributed by atoms with Gasteiger partial charge in [-0.3, -0.25) is 0 Å². The Morgan fingerprint density at radius 2 is 2.00 bits per heavy atom. The number of rotatable bonds is 4. The van der Waals surface area contributed by atoms with Crippen molar-refractivity contribution in [1.29, 1.82) is 0 Å². The highest BCUT2D eigenvalue weighted by atomic mass is 35.5. The number of halogens is 2. The van der Waals surface area contributed by atoms with Crippen molar-refractivity contribution in [3.63, 3.8) is 0 Å². The molecule has 10 heavy (non-hydrogen) atoms. The highest BCUT2D eigenvalue weighted by Gasteiger charge is 2.13. The zero-order valence-corrected chi connectivity index (χ0v) is 8.01. The summed E-state index contributed by atoms with van der Waals surface area (Å²) in [6, 6.07) is 0. The molecule has 0 fully saturated rings. The zero-order chi connectivity index (χ0) is 8.20. The fourth-order valence-corrected chi connectivity index (χ4v) is 2.16. The third-order valence-corrected chi connectivity index (χ3v) is 3.85. The highest BCUT2D eigenvalue weighted by molar-refractivity contribution is 7.91. The van der Waals surface area contributed by atoms with Crippen molar-refractivity contribution in [1.82, 2.24) is 0 Å². The topological polar surface area (TPSA) is 34.1 Å². The van der Waals surface area contributed by atoms with E-state index in [0.29, 0.717) is 0 Å². The van der Waals surface area contributed by atoms with E-state index >= 15 is 0 Å². The quantitative estimate of drug-likeness (QED) is 0.647. The zero-order valence-electron chi connectivity index (χ0n) is 5.68. The maximum atomic E-state index is 10.8. The van der Waals surface area contributed by atoms with Crippen LogP contribution in [0, 0.1) is 0 Å². The summed E-state index contributed by atoms with van der Waals surface area (Å²) in [6.07, 6.45) is 0. The average Bonchev–Trinajstić information content (AvgIpc) is 1.87. The van der Waals surface area contributed by atoms with Crippen LogP contribution in [0.1, 0.15) is 6.92 Å². The molecular weight excluding hydrogens is 195 g/mol. The monoisotopic (exact) mass is 204 g/mol. The Morgan fingerprint density at radius 1 is 1.50 bits per heavy atom. The van der Waals surface area contributed by atoms with Gasteiger partial charge in [0.15, 0.2) is 9.84 Å². The molecule has 0 aliphatic carbocycles. The maximum Gasteiger partial charge on any atom is 0.151 e. The number of hydrogen-bond acceptors (Lipinski definition) is 2. The van der Waals surface area contributed by atoms with E-state index in [1.807, 2.05) is 0 Å². The summed E-state index contributed by atoms with van der Waals surface area (Å²) >= 11 is 10.8. The molecule has 62 valence electrons. The molecule has 0 bridgehead atoms. The van der Waals surface area contributed by atoms with Gasteiger partial charge >= 0.3 is 0 Å². The van der Waals surface area contributed by atoms with Crippen LogP contribution in [-0.4, -0.2) is 31.2 Å². The largest absolute Gasteiger partial charge is 0.229 e. The fourth-order valence-electron chi connectivity index (χ4n) is 0.438. The molecule has 0 saturated carbocycles. The van der Waals surface area contributed by atoms with Crippen LogP contribution in [0.25, 0.3) is 0 Å². The molecule has 0 unspecified atom stereocenters. The van der Waals surface area contributed by atoms with Gasteiger partial charge < -0.3 is 0 Å². The van der Waals surface area contributed by atoms with Crippen LogP contribution < -0.4 is 0 Å². The third-order valence-electron chi connectivity index (χ3n) is 1.04. The Balaban J connectivity index is 3.90. The van der Waals surface area contributed by atoms with Crippen LogP contribution in [0.2, 0.25) is 0 Å². The predicted octanol–water partition coefficient (Wildman–Crippen LogP) is 1.27. The molecule has 0 aromatic rings. The molecular formula is C5H10Cl2O2S. The van der Waals surface area contributed by atoms with E-state index in [9.17, 15) is 8.42 Å². The Kier molecular flexibility index (Phi) is 4.65. The second kappa shape index (κ2) is 4.42. The minimum Gasteiger partial charge on any atom is -0.229 e. The van der Waals surface area contributed by atoms with Crippen molar-refractivity contribution < 1.29 is 8.42 Å². The Bertz CT molecular complexity index is 176. The van der Waals surface area contributed by atoms with Gasteiger partial charge in [0.2, 0.25) is 0 Å². The predicted molar refractivity (Wildman–Crippen MR) is 44.7 cm³/mol. The molecule has 0 aliphatic heterocycles. The normalized spacial score (nSPS) is 15.1. The van der Waals surface area contributed by atoms with Crippen molar-refractivity contribution in [3.05, 3.63) is 0 Å². The van der Waals surface area contributed by atoms with E-state index in [1.165, 1.54) is 0 Å². The molecule has 1 atom stereocenters. The summed E-state index contributed by atoms with van der Waals surface area (Å²) in [7, 11) is -2.95. The summed E-state index contributed by atoms with van der Waals surface area (Å²) in [5.41, 5.74) is 0. The molecule has 0 rings (SSSR count). The number of sulfone groups is 1. The van der Waals surface area contributed by atoms with Gasteiger partial charge in [0.25, 0.3) is 0 Å². The van der Waals surface area contributed by atoms with Gasteiger partial charge in [-0.1, -0.05) is 6.92 Å². The molecule has 0 spiro atoms. The van der Waals surface area contributed by atoms with E-state index in [1.54, 1.807) is 6.92 Å². The van der Waals surface area contributed by atoms with E-state index < -0.39 is 15.2 Å². The molecule has 0 radical (unpaired) electrons. The first-order valence-electron chi connectivity index (χ1n) is 2.92. The third kappa shape index (κ3) is 4.36. The van der Waals surface area contributed by atoms with Crippen molar-refractivity contribution in [2.45, 2.75) is 12.3 Å². The van der Waals surface area contributed by atoms with Crippen molar-refractivity contribution in [2.75, 3.05) is 17.4 Å². The summed E-state index contributed by atoms with van der Waals surface area (Å²) in [6.45, 7) is 1.59. The molecule has 0 N–H and O–H groups in total. The van der Waals surface area contributed by atoms with Gasteiger partial charge in [0.05, 0.1) is 11.1 Å². The fraction of sp³-hybridized carbons (Fsp3) is 1.00. The van der Waals surface area contributed by atoms with Crippen LogP contribution in [0.15, 0.2) is 0 Å². The van der Waals surface area contributed by atoms with Gasteiger partial charge in [0, 0.05) is 11.6 Å². The first-order valence-corrected chi connectivity index (χ1v) is 5.71. The van der Waals surface area contributed by atoms with Crippen LogP contribution in [0.5, 0.6) is 0 Å². The molecule has 0 aliphatic rings. The van der Waals surface area contributed by atoms with E-state index in [0.717, 1.165) is 0 Å². The van der Waals surface area contributed by atoms with Crippen LogP contribution in [0.3, 0.4) is 0 Å². The van der Waals surface area contributed by atoms with Crippen molar-refractivity contribution in [2.24, 2.45) is 0 Å². The van der Waals surface area contributed by atoms with Gasteiger partial charge in [-0.25, -0.2) is 8.42 Å². The average molecular weight is 205 g/mol. The minimum absolute atomic E-state index is 0.0193. The standard InChI is InChI=1S/C5H10Cl2O2S/c1-2-10(8,9)4-5(7)3-6/h5H,2-4H2,1H3/t5-/m0/s1.